The minimum absolute atomic E-state index is 1.21. The number of hydrogen-bond acceptors (Lipinski definition) is 2. The van der Waals surface area contributed by atoms with Gasteiger partial charge in [-0.25, -0.2) is 0 Å². The van der Waals surface area contributed by atoms with Gasteiger partial charge >= 0.3 is 0 Å². The molecule has 266 valence electrons. The number of nitrogens with zero attached hydrogens (tertiary/aromatic N) is 1. The van der Waals surface area contributed by atoms with E-state index in [1.54, 1.807) is 0 Å². The van der Waals surface area contributed by atoms with Crippen molar-refractivity contribution in [2.75, 3.05) is 0 Å². The van der Waals surface area contributed by atoms with Gasteiger partial charge in [0, 0.05) is 52.0 Å². The fourth-order valence-corrected chi connectivity index (χ4v) is 11.5. The summed E-state index contributed by atoms with van der Waals surface area (Å²) in [7, 11) is 0. The molecule has 0 unspecified atom stereocenters. The third-order valence-corrected chi connectivity index (χ3v) is 14.1. The van der Waals surface area contributed by atoms with E-state index in [4.69, 9.17) is 0 Å². The van der Waals surface area contributed by atoms with Crippen molar-refractivity contribution >= 4 is 84.8 Å². The monoisotopic (exact) mass is 759 g/mol. The summed E-state index contributed by atoms with van der Waals surface area (Å²) in [4.78, 5) is 0. The topological polar surface area (TPSA) is 4.93 Å². The van der Waals surface area contributed by atoms with Gasteiger partial charge in [0.1, 0.15) is 0 Å². The van der Waals surface area contributed by atoms with Gasteiger partial charge in [0.2, 0.25) is 0 Å². The van der Waals surface area contributed by atoms with Crippen molar-refractivity contribution in [2.45, 2.75) is 0 Å². The highest BCUT2D eigenvalue weighted by Crippen LogP contribution is 2.48. The number of fused-ring (bicyclic) bond motifs is 9. The summed E-state index contributed by atoms with van der Waals surface area (Å²) < 4.78 is 7.79. The largest absolute Gasteiger partial charge is 0.308 e. The molecule has 0 N–H and O–H groups in total. The Morgan fingerprint density at radius 3 is 1.65 bits per heavy atom. The van der Waals surface area contributed by atoms with Gasteiger partial charge in [0.05, 0.1) is 21.4 Å². The van der Waals surface area contributed by atoms with Gasteiger partial charge in [-0.15, -0.1) is 22.7 Å². The lowest BCUT2D eigenvalue weighted by Gasteiger charge is -2.11. The second-order valence-corrected chi connectivity index (χ2v) is 16.9. The van der Waals surface area contributed by atoms with Gasteiger partial charge < -0.3 is 4.57 Å². The Labute approximate surface area is 338 Å². The Balaban J connectivity index is 1.15. The summed E-state index contributed by atoms with van der Waals surface area (Å²) in [6, 6.07) is 73.8. The van der Waals surface area contributed by atoms with E-state index in [9.17, 15) is 0 Å². The van der Waals surface area contributed by atoms with E-state index in [2.05, 4.69) is 205 Å². The van der Waals surface area contributed by atoms with Gasteiger partial charge in [-0.3, -0.25) is 0 Å². The second kappa shape index (κ2) is 12.9. The zero-order valence-electron chi connectivity index (χ0n) is 30.8. The van der Waals surface area contributed by atoms with E-state index < -0.39 is 0 Å². The van der Waals surface area contributed by atoms with Crippen LogP contribution in [0.5, 0.6) is 0 Å². The fraction of sp³-hybridized carbons (Fsp3) is 0. The second-order valence-electron chi connectivity index (χ2n) is 14.8. The summed E-state index contributed by atoms with van der Waals surface area (Å²) in [6.07, 6.45) is 0. The van der Waals surface area contributed by atoms with Gasteiger partial charge in [0.15, 0.2) is 0 Å². The van der Waals surface area contributed by atoms with Crippen molar-refractivity contribution in [3.05, 3.63) is 200 Å². The van der Waals surface area contributed by atoms with E-state index in [0.717, 1.165) is 0 Å². The standard InChI is InChI=1S/C54H33NS2/c1-4-14-34(15-5-1)37-27-29-48-46(30-37)41-28-26-38(35-16-6-2-7-17-35)33-50(41)55(48)49-24-13-23-44-47-32-39(31-45(53(47)57-54(44)49)36-18-8-3-9-19-36)40-21-12-22-43-42-20-10-11-25-51(42)56-52(40)43/h1-33H. The SMILES string of the molecule is c1ccc(-c2ccc3c(c2)c2ccc(-c4ccccc4)cc2n3-c2cccc3c2sc2c(-c4ccccc4)cc(-c4cccc5c4sc4ccccc45)cc23)cc1. The van der Waals surface area contributed by atoms with Crippen LogP contribution in [-0.2, 0) is 0 Å². The van der Waals surface area contributed by atoms with Crippen molar-refractivity contribution in [3.8, 4) is 50.2 Å². The molecule has 0 saturated heterocycles. The van der Waals surface area contributed by atoms with Crippen LogP contribution < -0.4 is 0 Å². The highest BCUT2D eigenvalue weighted by molar-refractivity contribution is 7.27. The molecule has 0 radical (unpaired) electrons. The van der Waals surface area contributed by atoms with Crippen LogP contribution in [0.4, 0.5) is 0 Å². The first kappa shape index (κ1) is 32.5. The van der Waals surface area contributed by atoms with E-state index in [-0.39, 0.29) is 0 Å². The quantitative estimate of drug-likeness (QED) is 0.165. The molecule has 0 aliphatic carbocycles. The van der Waals surface area contributed by atoms with Crippen molar-refractivity contribution in [3.63, 3.8) is 0 Å². The third-order valence-electron chi connectivity index (χ3n) is 11.6. The summed E-state index contributed by atoms with van der Waals surface area (Å²) >= 11 is 3.82. The molecule has 0 atom stereocenters. The van der Waals surface area contributed by atoms with Crippen LogP contribution in [0.25, 0.3) is 112 Å². The van der Waals surface area contributed by atoms with Crippen LogP contribution in [0.1, 0.15) is 0 Å². The molecule has 1 nitrogen and oxygen atoms in total. The smallest absolute Gasteiger partial charge is 0.0640 e. The summed E-state index contributed by atoms with van der Waals surface area (Å²) in [5.74, 6) is 0. The summed E-state index contributed by atoms with van der Waals surface area (Å²) in [5, 5.41) is 7.74. The first-order chi connectivity index (χ1) is 28.3. The minimum atomic E-state index is 1.21. The van der Waals surface area contributed by atoms with Gasteiger partial charge in [0.25, 0.3) is 0 Å². The first-order valence-electron chi connectivity index (χ1n) is 19.4. The maximum Gasteiger partial charge on any atom is 0.0640 e. The van der Waals surface area contributed by atoms with Crippen molar-refractivity contribution in [2.24, 2.45) is 0 Å². The van der Waals surface area contributed by atoms with Crippen LogP contribution in [0.15, 0.2) is 200 Å². The van der Waals surface area contributed by atoms with Crippen LogP contribution in [0.2, 0.25) is 0 Å². The molecule has 0 bridgehead atoms. The van der Waals surface area contributed by atoms with E-state index in [0.29, 0.717) is 0 Å². The predicted octanol–water partition coefficient (Wildman–Crippen LogP) is 16.2. The molecule has 3 heteroatoms. The Hall–Kier alpha value is -6.78. The normalized spacial score (nSPS) is 11.9. The molecule has 3 heterocycles. The Morgan fingerprint density at radius 2 is 0.877 bits per heavy atom. The van der Waals surface area contributed by atoms with E-state index >= 15 is 0 Å². The minimum Gasteiger partial charge on any atom is -0.308 e. The maximum absolute atomic E-state index is 2.52. The molecule has 9 aromatic carbocycles. The highest BCUT2D eigenvalue weighted by atomic mass is 32.1. The molecule has 0 amide bonds. The van der Waals surface area contributed by atoms with Crippen molar-refractivity contribution < 1.29 is 0 Å². The number of benzene rings is 9. The van der Waals surface area contributed by atoms with Crippen molar-refractivity contribution in [1.82, 2.24) is 4.57 Å². The fourth-order valence-electron chi connectivity index (χ4n) is 8.92. The number of rotatable bonds is 5. The number of hydrogen-bond donors (Lipinski definition) is 0. The molecule has 12 rings (SSSR count). The molecule has 0 fully saturated rings. The predicted molar refractivity (Wildman–Crippen MR) is 248 cm³/mol. The molecule has 0 aliphatic heterocycles. The molecular weight excluding hydrogens is 727 g/mol. The Bertz CT molecular complexity index is 3500. The van der Waals surface area contributed by atoms with Crippen LogP contribution in [0, 0.1) is 0 Å². The average Bonchev–Trinajstić information content (AvgIpc) is 3.96. The van der Waals surface area contributed by atoms with Crippen molar-refractivity contribution in [1.29, 1.82) is 0 Å². The van der Waals surface area contributed by atoms with Gasteiger partial charge in [-0.1, -0.05) is 158 Å². The van der Waals surface area contributed by atoms with Gasteiger partial charge in [-0.2, -0.15) is 0 Å². The molecule has 12 aromatic rings. The zero-order chi connectivity index (χ0) is 37.5. The van der Waals surface area contributed by atoms with Gasteiger partial charge in [-0.05, 0) is 81.4 Å². The maximum atomic E-state index is 2.52. The summed E-state index contributed by atoms with van der Waals surface area (Å²) in [5.41, 5.74) is 13.6. The molecule has 0 aliphatic rings. The molecule has 57 heavy (non-hydrogen) atoms. The lowest BCUT2D eigenvalue weighted by atomic mass is 9.95. The van der Waals surface area contributed by atoms with E-state index in [1.165, 1.54) is 112 Å². The molecular formula is C54H33NS2. The van der Waals surface area contributed by atoms with Crippen LogP contribution in [0.3, 0.4) is 0 Å². The number of thiophene rings is 2. The first-order valence-corrected chi connectivity index (χ1v) is 21.0. The average molecular weight is 760 g/mol. The molecule has 0 spiro atoms. The van der Waals surface area contributed by atoms with E-state index in [1.807, 2.05) is 22.7 Å². The highest BCUT2D eigenvalue weighted by Gasteiger charge is 2.21. The Kier molecular flexibility index (Phi) is 7.34. The molecule has 0 saturated carbocycles. The Morgan fingerprint density at radius 1 is 0.281 bits per heavy atom. The lowest BCUT2D eigenvalue weighted by Crippen LogP contribution is -1.94. The number of aromatic nitrogens is 1. The van der Waals surface area contributed by atoms with Crippen LogP contribution in [-0.4, -0.2) is 4.57 Å². The molecule has 3 aromatic heterocycles. The van der Waals surface area contributed by atoms with Crippen LogP contribution >= 0.6 is 22.7 Å². The zero-order valence-corrected chi connectivity index (χ0v) is 32.4. The summed E-state index contributed by atoms with van der Waals surface area (Å²) in [6.45, 7) is 0. The third kappa shape index (κ3) is 5.13. The lowest BCUT2D eigenvalue weighted by molar-refractivity contribution is 1.20.